The summed E-state index contributed by atoms with van der Waals surface area (Å²) in [5, 5.41) is 1.03. The van der Waals surface area contributed by atoms with Gasteiger partial charge in [0.05, 0.1) is 24.0 Å². The first-order chi connectivity index (χ1) is 13.0. The Labute approximate surface area is 158 Å². The predicted octanol–water partition coefficient (Wildman–Crippen LogP) is 3.31. The molecule has 0 saturated carbocycles. The van der Waals surface area contributed by atoms with Gasteiger partial charge >= 0.3 is 11.6 Å². The number of para-hydroxylation sites is 1. The minimum Gasteiger partial charge on any atom is -0.465 e. The third-order valence-electron chi connectivity index (χ3n) is 4.44. The Morgan fingerprint density at radius 1 is 1.19 bits per heavy atom. The summed E-state index contributed by atoms with van der Waals surface area (Å²) in [6.45, 7) is 0. The normalized spacial score (nSPS) is 16.0. The molecular formula is C20H14ClNO5. The van der Waals surface area contributed by atoms with E-state index in [0.717, 1.165) is 0 Å². The molecule has 4 rings (SSSR count). The van der Waals surface area contributed by atoms with Gasteiger partial charge in [-0.1, -0.05) is 35.9 Å². The molecular weight excluding hydrogens is 370 g/mol. The first-order valence-corrected chi connectivity index (χ1v) is 8.46. The highest BCUT2D eigenvalue weighted by Gasteiger charge is 2.39. The van der Waals surface area contributed by atoms with E-state index in [1.54, 1.807) is 48.5 Å². The third kappa shape index (κ3) is 2.74. The van der Waals surface area contributed by atoms with Crippen molar-refractivity contribution in [2.24, 2.45) is 5.73 Å². The molecule has 7 heteroatoms. The van der Waals surface area contributed by atoms with Crippen LogP contribution in [0.1, 0.15) is 17.0 Å². The van der Waals surface area contributed by atoms with Crippen molar-refractivity contribution in [3.63, 3.8) is 0 Å². The van der Waals surface area contributed by atoms with Crippen molar-refractivity contribution in [1.82, 2.24) is 0 Å². The van der Waals surface area contributed by atoms with Crippen LogP contribution in [0.4, 0.5) is 0 Å². The molecule has 1 unspecified atom stereocenters. The van der Waals surface area contributed by atoms with Gasteiger partial charge in [-0.3, -0.25) is 0 Å². The first-order valence-electron chi connectivity index (χ1n) is 8.08. The van der Waals surface area contributed by atoms with E-state index in [-0.39, 0.29) is 22.8 Å². The van der Waals surface area contributed by atoms with Crippen molar-refractivity contribution in [3.8, 4) is 5.75 Å². The van der Waals surface area contributed by atoms with Crippen molar-refractivity contribution in [1.29, 1.82) is 0 Å². The van der Waals surface area contributed by atoms with Crippen LogP contribution < -0.4 is 16.1 Å². The maximum absolute atomic E-state index is 12.8. The quantitative estimate of drug-likeness (QED) is 0.539. The Balaban J connectivity index is 2.09. The molecule has 0 bridgehead atoms. The summed E-state index contributed by atoms with van der Waals surface area (Å²) in [5.74, 6) is -1.40. The number of fused-ring (bicyclic) bond motifs is 3. The highest BCUT2D eigenvalue weighted by atomic mass is 35.5. The Bertz CT molecular complexity index is 1160. The fourth-order valence-corrected chi connectivity index (χ4v) is 3.49. The zero-order valence-corrected chi connectivity index (χ0v) is 14.9. The summed E-state index contributed by atoms with van der Waals surface area (Å²) in [6.07, 6.45) is 0. The van der Waals surface area contributed by atoms with Crippen LogP contribution in [0.2, 0.25) is 5.02 Å². The maximum atomic E-state index is 12.8. The molecule has 0 radical (unpaired) electrons. The number of ether oxygens (including phenoxy) is 2. The van der Waals surface area contributed by atoms with E-state index in [2.05, 4.69) is 0 Å². The van der Waals surface area contributed by atoms with Gasteiger partial charge in [0, 0.05) is 5.02 Å². The summed E-state index contributed by atoms with van der Waals surface area (Å²) in [5.41, 5.74) is 6.60. The van der Waals surface area contributed by atoms with E-state index in [9.17, 15) is 9.59 Å². The van der Waals surface area contributed by atoms with Gasteiger partial charge in [-0.05, 0) is 29.8 Å². The lowest BCUT2D eigenvalue weighted by molar-refractivity contribution is -0.136. The third-order valence-corrected chi connectivity index (χ3v) is 4.68. The molecule has 1 aliphatic heterocycles. The van der Waals surface area contributed by atoms with Crippen molar-refractivity contribution in [3.05, 3.63) is 86.6 Å². The minimum absolute atomic E-state index is 0.0230. The zero-order valence-electron chi connectivity index (χ0n) is 14.2. The lowest BCUT2D eigenvalue weighted by atomic mass is 9.83. The average molecular weight is 384 g/mol. The lowest BCUT2D eigenvalue weighted by Gasteiger charge is -2.27. The van der Waals surface area contributed by atoms with Gasteiger partial charge < -0.3 is 19.6 Å². The Hall–Kier alpha value is -3.25. The highest BCUT2D eigenvalue weighted by molar-refractivity contribution is 6.30. The SMILES string of the molecule is COC(=O)C1=C(N)Oc2c(c(=O)oc3ccccc23)C1c1cccc(Cl)c1. The number of rotatable bonds is 2. The highest BCUT2D eigenvalue weighted by Crippen LogP contribution is 2.44. The van der Waals surface area contributed by atoms with E-state index >= 15 is 0 Å². The van der Waals surface area contributed by atoms with Gasteiger partial charge in [0.2, 0.25) is 5.88 Å². The van der Waals surface area contributed by atoms with Crippen LogP contribution in [-0.4, -0.2) is 13.1 Å². The van der Waals surface area contributed by atoms with Crippen molar-refractivity contribution in [2.75, 3.05) is 7.11 Å². The number of carbonyl (C=O) groups is 1. The number of methoxy groups -OCH3 is 1. The molecule has 2 heterocycles. The van der Waals surface area contributed by atoms with Crippen LogP contribution >= 0.6 is 11.6 Å². The summed E-state index contributed by atoms with van der Waals surface area (Å²) in [4.78, 5) is 25.2. The van der Waals surface area contributed by atoms with Gasteiger partial charge in [0.25, 0.3) is 0 Å². The van der Waals surface area contributed by atoms with E-state index in [1.807, 2.05) is 0 Å². The molecule has 3 aromatic rings. The summed E-state index contributed by atoms with van der Waals surface area (Å²) >= 11 is 6.13. The van der Waals surface area contributed by atoms with Crippen molar-refractivity contribution < 1.29 is 18.7 Å². The van der Waals surface area contributed by atoms with Gasteiger partial charge in [-0.2, -0.15) is 0 Å². The minimum atomic E-state index is -0.833. The fraction of sp³-hybridized carbons (Fsp3) is 0.100. The van der Waals surface area contributed by atoms with Gasteiger partial charge in [0.15, 0.2) is 5.75 Å². The monoisotopic (exact) mass is 383 g/mol. The number of nitrogens with two attached hydrogens (primary N) is 1. The summed E-state index contributed by atoms with van der Waals surface area (Å²) < 4.78 is 16.0. The Morgan fingerprint density at radius 3 is 2.70 bits per heavy atom. The van der Waals surface area contributed by atoms with E-state index in [4.69, 9.17) is 31.2 Å². The molecule has 1 atom stereocenters. The summed E-state index contributed by atoms with van der Waals surface area (Å²) in [6, 6.07) is 13.8. The molecule has 2 aromatic carbocycles. The van der Waals surface area contributed by atoms with Crippen molar-refractivity contribution in [2.45, 2.75) is 5.92 Å². The molecule has 136 valence electrons. The molecule has 0 saturated heterocycles. The van der Waals surface area contributed by atoms with Crippen LogP contribution in [0.5, 0.6) is 5.75 Å². The maximum Gasteiger partial charge on any atom is 0.344 e. The fourth-order valence-electron chi connectivity index (χ4n) is 3.29. The van der Waals surface area contributed by atoms with E-state index in [1.165, 1.54) is 7.11 Å². The number of esters is 1. The molecule has 6 nitrogen and oxygen atoms in total. The van der Waals surface area contributed by atoms with Gasteiger partial charge in [-0.15, -0.1) is 0 Å². The van der Waals surface area contributed by atoms with E-state index < -0.39 is 17.5 Å². The number of hydrogen-bond acceptors (Lipinski definition) is 6. The second-order valence-corrected chi connectivity index (χ2v) is 6.42. The smallest absolute Gasteiger partial charge is 0.344 e. The molecule has 0 spiro atoms. The second-order valence-electron chi connectivity index (χ2n) is 5.99. The summed E-state index contributed by atoms with van der Waals surface area (Å²) in [7, 11) is 1.23. The molecule has 0 amide bonds. The standard InChI is InChI=1S/C20H14ClNO5/c1-25-19(23)16-14(10-5-4-6-11(21)9-10)15-17(27-18(16)22)12-7-2-3-8-13(12)26-20(15)24/h2-9,14H,22H2,1H3. The largest absolute Gasteiger partial charge is 0.465 e. The number of carbonyl (C=O) groups excluding carboxylic acids is 1. The Kier molecular flexibility index (Phi) is 4.12. The second kappa shape index (κ2) is 6.48. The number of benzene rings is 2. The molecule has 1 aromatic heterocycles. The first kappa shape index (κ1) is 17.2. The predicted molar refractivity (Wildman–Crippen MR) is 99.6 cm³/mol. The number of hydrogen-bond donors (Lipinski definition) is 1. The topological polar surface area (TPSA) is 91.8 Å². The molecule has 1 aliphatic rings. The molecule has 2 N–H and O–H groups in total. The molecule has 0 fully saturated rings. The Morgan fingerprint density at radius 2 is 1.96 bits per heavy atom. The van der Waals surface area contributed by atoms with Gasteiger partial charge in [-0.25, -0.2) is 9.59 Å². The average Bonchev–Trinajstić information content (AvgIpc) is 2.66. The van der Waals surface area contributed by atoms with Crippen LogP contribution in [0.25, 0.3) is 11.0 Å². The van der Waals surface area contributed by atoms with Crippen LogP contribution in [0.15, 0.2) is 69.2 Å². The van der Waals surface area contributed by atoms with Crippen LogP contribution in [0.3, 0.4) is 0 Å². The molecule has 0 aliphatic carbocycles. The van der Waals surface area contributed by atoms with Crippen LogP contribution in [0, 0.1) is 0 Å². The lowest BCUT2D eigenvalue weighted by Crippen LogP contribution is -2.30. The van der Waals surface area contributed by atoms with E-state index in [0.29, 0.717) is 21.6 Å². The molecule has 27 heavy (non-hydrogen) atoms. The van der Waals surface area contributed by atoms with Gasteiger partial charge in [0.1, 0.15) is 11.2 Å². The van der Waals surface area contributed by atoms with Crippen LogP contribution in [-0.2, 0) is 9.53 Å². The zero-order chi connectivity index (χ0) is 19.1. The van der Waals surface area contributed by atoms with Crippen molar-refractivity contribution >= 4 is 28.5 Å². The number of halogens is 1.